The minimum absolute atomic E-state index is 0.0945. The van der Waals surface area contributed by atoms with E-state index in [0.717, 1.165) is 19.3 Å². The lowest BCUT2D eigenvalue weighted by atomic mass is 9.85. The second kappa shape index (κ2) is 7.89. The number of hydrogen-bond donors (Lipinski definition) is 0. The summed E-state index contributed by atoms with van der Waals surface area (Å²) in [5.74, 6) is 0.567. The summed E-state index contributed by atoms with van der Waals surface area (Å²) in [6.07, 6.45) is 3.46. The quantitative estimate of drug-likeness (QED) is 0.614. The highest BCUT2D eigenvalue weighted by Gasteiger charge is 2.44. The molecule has 2 rings (SSSR count). The predicted octanol–water partition coefficient (Wildman–Crippen LogP) is 3.67. The van der Waals surface area contributed by atoms with E-state index in [-0.39, 0.29) is 11.4 Å². The van der Waals surface area contributed by atoms with Crippen LogP contribution in [0.3, 0.4) is 0 Å². The third kappa shape index (κ3) is 5.60. The van der Waals surface area contributed by atoms with Gasteiger partial charge in [-0.25, -0.2) is 0 Å². The molecule has 1 aliphatic carbocycles. The van der Waals surface area contributed by atoms with E-state index in [4.69, 9.17) is 17.3 Å². The molecule has 2 radical (unpaired) electrons. The third-order valence-electron chi connectivity index (χ3n) is 3.92. The van der Waals surface area contributed by atoms with Gasteiger partial charge in [0, 0.05) is 6.42 Å². The zero-order valence-corrected chi connectivity index (χ0v) is 15.4. The number of benzene rings is 1. The first-order chi connectivity index (χ1) is 10.8. The second-order valence-electron chi connectivity index (χ2n) is 6.82. The van der Waals surface area contributed by atoms with Crippen molar-refractivity contribution in [1.82, 2.24) is 0 Å². The Morgan fingerprint density at radius 2 is 1.87 bits per heavy atom. The van der Waals surface area contributed by atoms with Crippen LogP contribution in [0.4, 0.5) is 0 Å². The van der Waals surface area contributed by atoms with Crippen LogP contribution < -0.4 is 10.2 Å². The Balaban J connectivity index is 0.00000127. The summed E-state index contributed by atoms with van der Waals surface area (Å²) in [6, 6.07) is 5.93. The first-order valence-corrected chi connectivity index (χ1v) is 8.42. The van der Waals surface area contributed by atoms with Gasteiger partial charge in [-0.3, -0.25) is 4.79 Å². The van der Waals surface area contributed by atoms with Crippen molar-refractivity contribution in [3.8, 4) is 5.75 Å². The van der Waals surface area contributed by atoms with E-state index in [1.54, 1.807) is 7.11 Å². The van der Waals surface area contributed by atoms with Crippen LogP contribution in [0.15, 0.2) is 18.2 Å². The molecule has 1 aromatic rings. The first kappa shape index (κ1) is 19.6. The fourth-order valence-electron chi connectivity index (χ4n) is 2.63. The fraction of sp³-hybridized carbons (Fsp3) is 0.632. The third-order valence-corrected chi connectivity index (χ3v) is 3.92. The van der Waals surface area contributed by atoms with Gasteiger partial charge in [-0.15, -0.1) is 0 Å². The van der Waals surface area contributed by atoms with Gasteiger partial charge < -0.3 is 9.47 Å². The maximum absolute atomic E-state index is 11.9. The van der Waals surface area contributed by atoms with E-state index < -0.39 is 5.60 Å². The molecule has 3 nitrogen and oxygen atoms in total. The summed E-state index contributed by atoms with van der Waals surface area (Å²) in [4.78, 5) is 11.9. The highest BCUT2D eigenvalue weighted by molar-refractivity contribution is 6.34. The van der Waals surface area contributed by atoms with Crippen molar-refractivity contribution in [2.75, 3.05) is 7.11 Å². The van der Waals surface area contributed by atoms with Gasteiger partial charge in [0.05, 0.1) is 7.11 Å². The molecule has 1 fully saturated rings. The standard InChI is InChI=1S/C17H23BO3.C2H6/c1-16(2,3)21-15(19)7-8-17(9-10-17)12-5-6-14(20-4)13(18)11-12;1-2/h5-6,11H,7-10H2,1-4H3;1-2H3. The van der Waals surface area contributed by atoms with E-state index in [1.807, 2.05) is 46.8 Å². The monoisotopic (exact) mass is 316 g/mol. The maximum atomic E-state index is 11.9. The molecule has 0 N–H and O–H groups in total. The van der Waals surface area contributed by atoms with Gasteiger partial charge >= 0.3 is 5.97 Å². The van der Waals surface area contributed by atoms with Crippen molar-refractivity contribution < 1.29 is 14.3 Å². The van der Waals surface area contributed by atoms with Crippen molar-refractivity contribution in [3.63, 3.8) is 0 Å². The summed E-state index contributed by atoms with van der Waals surface area (Å²) in [6.45, 7) is 9.67. The fourth-order valence-corrected chi connectivity index (χ4v) is 2.63. The molecular weight excluding hydrogens is 287 g/mol. The van der Waals surface area contributed by atoms with Crippen molar-refractivity contribution in [1.29, 1.82) is 0 Å². The van der Waals surface area contributed by atoms with Gasteiger partial charge in [0.25, 0.3) is 0 Å². The van der Waals surface area contributed by atoms with Crippen LogP contribution in [0.1, 0.15) is 65.9 Å². The van der Waals surface area contributed by atoms with Gasteiger partial charge in [-0.05, 0) is 57.1 Å². The van der Waals surface area contributed by atoms with E-state index in [2.05, 4.69) is 6.07 Å². The molecule has 0 aliphatic heterocycles. The van der Waals surface area contributed by atoms with Crippen LogP contribution in [-0.2, 0) is 14.9 Å². The highest BCUT2D eigenvalue weighted by atomic mass is 16.6. The lowest BCUT2D eigenvalue weighted by Crippen LogP contribution is -2.24. The van der Waals surface area contributed by atoms with Gasteiger partial charge in [0.2, 0.25) is 0 Å². The summed E-state index contributed by atoms with van der Waals surface area (Å²) in [5.41, 5.74) is 1.53. The second-order valence-corrected chi connectivity index (χ2v) is 6.82. The van der Waals surface area contributed by atoms with Crippen LogP contribution in [-0.4, -0.2) is 26.5 Å². The number of methoxy groups -OCH3 is 1. The Hall–Kier alpha value is -1.45. The minimum atomic E-state index is -0.418. The van der Waals surface area contributed by atoms with Crippen molar-refractivity contribution in [3.05, 3.63) is 23.8 Å². The first-order valence-electron chi connectivity index (χ1n) is 8.42. The molecule has 0 bridgehead atoms. The molecule has 126 valence electrons. The van der Waals surface area contributed by atoms with E-state index >= 15 is 0 Å². The van der Waals surface area contributed by atoms with Crippen LogP contribution in [0.25, 0.3) is 0 Å². The number of carbonyl (C=O) groups is 1. The Labute approximate surface area is 142 Å². The maximum Gasteiger partial charge on any atom is 0.306 e. The molecule has 0 heterocycles. The molecule has 0 atom stereocenters. The Kier molecular flexibility index (Phi) is 6.73. The van der Waals surface area contributed by atoms with Crippen LogP contribution in [0.2, 0.25) is 0 Å². The topological polar surface area (TPSA) is 35.5 Å². The van der Waals surface area contributed by atoms with Gasteiger partial charge in [-0.1, -0.05) is 31.4 Å². The average molecular weight is 316 g/mol. The number of ether oxygens (including phenoxy) is 2. The van der Waals surface area contributed by atoms with Crippen molar-refractivity contribution >= 4 is 19.3 Å². The highest BCUT2D eigenvalue weighted by Crippen LogP contribution is 2.51. The molecule has 1 saturated carbocycles. The Bertz CT molecular complexity index is 528. The Morgan fingerprint density at radius 1 is 1.26 bits per heavy atom. The number of esters is 1. The average Bonchev–Trinajstić information content (AvgIpc) is 3.27. The normalized spacial score (nSPS) is 15.2. The number of carbonyl (C=O) groups excluding carboxylic acids is 1. The lowest BCUT2D eigenvalue weighted by molar-refractivity contribution is -0.155. The zero-order chi connectivity index (χ0) is 17.7. The molecule has 0 amide bonds. The summed E-state index contributed by atoms with van der Waals surface area (Å²) >= 11 is 0. The van der Waals surface area contributed by atoms with Crippen LogP contribution in [0, 0.1) is 0 Å². The van der Waals surface area contributed by atoms with Crippen molar-refractivity contribution in [2.45, 2.75) is 71.3 Å². The Morgan fingerprint density at radius 3 is 2.30 bits per heavy atom. The molecule has 4 heteroatoms. The summed E-state index contributed by atoms with van der Waals surface area (Å²) in [5, 5.41) is 0. The van der Waals surface area contributed by atoms with E-state index in [1.165, 1.54) is 5.56 Å². The molecule has 1 aromatic carbocycles. The smallest absolute Gasteiger partial charge is 0.306 e. The van der Waals surface area contributed by atoms with Gasteiger partial charge in [-0.2, -0.15) is 0 Å². The van der Waals surface area contributed by atoms with Crippen molar-refractivity contribution in [2.24, 2.45) is 0 Å². The molecule has 0 aromatic heterocycles. The van der Waals surface area contributed by atoms with Gasteiger partial charge in [0.1, 0.15) is 19.2 Å². The SMILES string of the molecule is CC.[B]c1cc(C2(CCC(=O)OC(C)(C)C)CC2)ccc1OC. The molecule has 0 saturated heterocycles. The largest absolute Gasteiger partial charge is 0.497 e. The van der Waals surface area contributed by atoms with Gasteiger partial charge in [0.15, 0.2) is 0 Å². The zero-order valence-electron chi connectivity index (χ0n) is 15.4. The molecule has 0 unspecified atom stereocenters. The number of rotatable bonds is 5. The summed E-state index contributed by atoms with van der Waals surface area (Å²) < 4.78 is 10.6. The summed E-state index contributed by atoms with van der Waals surface area (Å²) in [7, 11) is 7.59. The minimum Gasteiger partial charge on any atom is -0.497 e. The van der Waals surface area contributed by atoms with E-state index in [9.17, 15) is 4.79 Å². The number of hydrogen-bond acceptors (Lipinski definition) is 3. The molecule has 0 spiro atoms. The molecular formula is C19H29BO3. The predicted molar refractivity (Wildman–Crippen MR) is 95.7 cm³/mol. The molecule has 1 aliphatic rings. The van der Waals surface area contributed by atoms with Crippen LogP contribution in [0.5, 0.6) is 5.75 Å². The lowest BCUT2D eigenvalue weighted by Gasteiger charge is -2.21. The molecule has 23 heavy (non-hydrogen) atoms. The van der Waals surface area contributed by atoms with Crippen LogP contribution >= 0.6 is 0 Å². The van der Waals surface area contributed by atoms with E-state index in [0.29, 0.717) is 17.6 Å².